The molecule has 2 N–H and O–H groups in total. The summed E-state index contributed by atoms with van der Waals surface area (Å²) in [5.74, 6) is -0.413. The summed E-state index contributed by atoms with van der Waals surface area (Å²) in [5.41, 5.74) is 0.409. The predicted octanol–water partition coefficient (Wildman–Crippen LogP) is 2.13. The fraction of sp³-hybridized carbons (Fsp3) is 0.222. The van der Waals surface area contributed by atoms with Gasteiger partial charge in [0.1, 0.15) is 12.4 Å². The van der Waals surface area contributed by atoms with E-state index in [9.17, 15) is 9.18 Å². The van der Waals surface area contributed by atoms with Gasteiger partial charge < -0.3 is 9.84 Å². The Labute approximate surface area is 94.2 Å². The number of nitrogens with one attached hydrogen (secondary N) is 1. The van der Waals surface area contributed by atoms with Crippen molar-refractivity contribution in [3.63, 3.8) is 0 Å². The molecule has 15 heavy (non-hydrogen) atoms. The summed E-state index contributed by atoms with van der Waals surface area (Å²) in [6.45, 7) is -0.311. The van der Waals surface area contributed by atoms with E-state index in [2.05, 4.69) is 26.0 Å². The zero-order valence-corrected chi connectivity index (χ0v) is 9.25. The Kier molecular flexibility index (Phi) is 4.51. The van der Waals surface area contributed by atoms with Crippen molar-refractivity contribution >= 4 is 27.7 Å². The van der Waals surface area contributed by atoms with Crippen molar-refractivity contribution < 1.29 is 19.0 Å². The van der Waals surface area contributed by atoms with Gasteiger partial charge in [-0.3, -0.25) is 5.32 Å². The van der Waals surface area contributed by atoms with Crippen LogP contribution in [0.4, 0.5) is 14.9 Å². The largest absolute Gasteiger partial charge is 0.447 e. The van der Waals surface area contributed by atoms with E-state index < -0.39 is 11.9 Å². The molecule has 0 aliphatic heterocycles. The number of anilines is 1. The summed E-state index contributed by atoms with van der Waals surface area (Å²) in [4.78, 5) is 11.0. The van der Waals surface area contributed by atoms with Gasteiger partial charge in [0.05, 0.1) is 11.1 Å². The zero-order valence-electron chi connectivity index (χ0n) is 7.67. The smallest absolute Gasteiger partial charge is 0.411 e. The number of carbonyl (C=O) groups is 1. The van der Waals surface area contributed by atoms with Gasteiger partial charge in [0.15, 0.2) is 0 Å². The fourth-order valence-electron chi connectivity index (χ4n) is 0.866. The molecule has 1 aromatic rings. The van der Waals surface area contributed by atoms with E-state index in [0.29, 0.717) is 5.69 Å². The standard InChI is InChI=1S/C9H9BrFNO3/c10-7-5-6(1-2-8(7)11)12-9(14)15-4-3-13/h1-2,5,13H,3-4H2,(H,12,14). The Morgan fingerprint density at radius 3 is 2.93 bits per heavy atom. The first-order valence-electron chi connectivity index (χ1n) is 4.13. The number of hydrogen-bond donors (Lipinski definition) is 2. The molecule has 0 bridgehead atoms. The second kappa shape index (κ2) is 5.67. The van der Waals surface area contributed by atoms with Crippen LogP contribution < -0.4 is 5.32 Å². The number of halogens is 2. The van der Waals surface area contributed by atoms with Gasteiger partial charge in [-0.15, -0.1) is 0 Å². The van der Waals surface area contributed by atoms with Crippen LogP contribution in [0.15, 0.2) is 22.7 Å². The zero-order chi connectivity index (χ0) is 11.3. The fourth-order valence-corrected chi connectivity index (χ4v) is 1.24. The van der Waals surface area contributed by atoms with Crippen LogP contribution in [-0.4, -0.2) is 24.4 Å². The van der Waals surface area contributed by atoms with E-state index in [1.807, 2.05) is 0 Å². The number of amides is 1. The number of carbonyl (C=O) groups excluding carboxylic acids is 1. The van der Waals surface area contributed by atoms with E-state index >= 15 is 0 Å². The third-order valence-electron chi connectivity index (χ3n) is 1.49. The lowest BCUT2D eigenvalue weighted by atomic mass is 10.3. The van der Waals surface area contributed by atoms with Crippen molar-refractivity contribution in [2.24, 2.45) is 0 Å². The molecule has 1 rings (SSSR count). The molecule has 6 heteroatoms. The summed E-state index contributed by atoms with van der Waals surface area (Å²) in [6, 6.07) is 4.03. The van der Waals surface area contributed by atoms with Gasteiger partial charge in [-0.25, -0.2) is 9.18 Å². The van der Waals surface area contributed by atoms with Crippen LogP contribution in [0.25, 0.3) is 0 Å². The van der Waals surface area contributed by atoms with Crippen LogP contribution in [0, 0.1) is 5.82 Å². The topological polar surface area (TPSA) is 58.6 Å². The molecular formula is C9H9BrFNO3. The third-order valence-corrected chi connectivity index (χ3v) is 2.10. The molecule has 0 aliphatic carbocycles. The maximum Gasteiger partial charge on any atom is 0.411 e. The van der Waals surface area contributed by atoms with Crippen LogP contribution >= 0.6 is 15.9 Å². The predicted molar refractivity (Wildman–Crippen MR) is 56.2 cm³/mol. The highest BCUT2D eigenvalue weighted by Crippen LogP contribution is 2.19. The van der Waals surface area contributed by atoms with Gasteiger partial charge in [0, 0.05) is 5.69 Å². The monoisotopic (exact) mass is 277 g/mol. The van der Waals surface area contributed by atoms with Gasteiger partial charge >= 0.3 is 6.09 Å². The molecular weight excluding hydrogens is 269 g/mol. The molecule has 0 atom stereocenters. The van der Waals surface area contributed by atoms with Crippen molar-refractivity contribution in [3.05, 3.63) is 28.5 Å². The SMILES string of the molecule is O=C(Nc1ccc(F)c(Br)c1)OCCO. The Balaban J connectivity index is 2.57. The van der Waals surface area contributed by atoms with Crippen molar-refractivity contribution in [3.8, 4) is 0 Å². The molecule has 1 amide bonds. The van der Waals surface area contributed by atoms with Crippen LogP contribution in [0.5, 0.6) is 0 Å². The first-order valence-corrected chi connectivity index (χ1v) is 4.92. The Hall–Kier alpha value is -1.14. The first-order chi connectivity index (χ1) is 7.13. The average molecular weight is 278 g/mol. The quantitative estimate of drug-likeness (QED) is 0.890. The molecule has 0 unspecified atom stereocenters. The number of aliphatic hydroxyl groups is 1. The van der Waals surface area contributed by atoms with E-state index in [0.717, 1.165) is 0 Å². The van der Waals surface area contributed by atoms with Gasteiger partial charge in [-0.2, -0.15) is 0 Å². The maximum absolute atomic E-state index is 12.8. The highest BCUT2D eigenvalue weighted by atomic mass is 79.9. The number of rotatable bonds is 3. The molecule has 0 aliphatic rings. The van der Waals surface area contributed by atoms with Crippen LogP contribution in [0.3, 0.4) is 0 Å². The van der Waals surface area contributed by atoms with Crippen molar-refractivity contribution in [2.45, 2.75) is 0 Å². The van der Waals surface area contributed by atoms with E-state index in [4.69, 9.17) is 5.11 Å². The summed E-state index contributed by atoms with van der Waals surface area (Å²) < 4.78 is 17.6. The van der Waals surface area contributed by atoms with E-state index in [1.165, 1.54) is 18.2 Å². The Morgan fingerprint density at radius 1 is 1.60 bits per heavy atom. The summed E-state index contributed by atoms with van der Waals surface area (Å²) in [6.07, 6.45) is -0.692. The second-order valence-electron chi connectivity index (χ2n) is 2.61. The summed E-state index contributed by atoms with van der Waals surface area (Å²) >= 11 is 2.98. The molecule has 0 spiro atoms. The summed E-state index contributed by atoms with van der Waals surface area (Å²) in [5, 5.41) is 10.8. The van der Waals surface area contributed by atoms with Gasteiger partial charge in [-0.05, 0) is 34.1 Å². The van der Waals surface area contributed by atoms with Crippen LogP contribution in [0.1, 0.15) is 0 Å². The minimum absolute atomic E-state index is 0.0752. The average Bonchev–Trinajstić information content (AvgIpc) is 2.20. The first kappa shape index (κ1) is 11.9. The highest BCUT2D eigenvalue weighted by Gasteiger charge is 2.04. The third kappa shape index (κ3) is 3.85. The maximum atomic E-state index is 12.8. The molecule has 4 nitrogen and oxygen atoms in total. The molecule has 0 heterocycles. The second-order valence-corrected chi connectivity index (χ2v) is 3.47. The molecule has 0 saturated carbocycles. The molecule has 82 valence electrons. The Bertz CT molecular complexity index is 359. The lowest BCUT2D eigenvalue weighted by Crippen LogP contribution is -2.15. The lowest BCUT2D eigenvalue weighted by molar-refractivity contribution is 0.131. The normalized spacial score (nSPS) is 9.80. The molecule has 0 saturated heterocycles. The van der Waals surface area contributed by atoms with Crippen LogP contribution in [0.2, 0.25) is 0 Å². The number of ether oxygens (including phenoxy) is 1. The Morgan fingerprint density at radius 2 is 2.33 bits per heavy atom. The molecule has 1 aromatic carbocycles. The number of hydrogen-bond acceptors (Lipinski definition) is 3. The van der Waals surface area contributed by atoms with Crippen LogP contribution in [-0.2, 0) is 4.74 Å². The minimum atomic E-state index is -0.692. The molecule has 0 fully saturated rings. The van der Waals surface area contributed by atoms with Crippen molar-refractivity contribution in [1.29, 1.82) is 0 Å². The highest BCUT2D eigenvalue weighted by molar-refractivity contribution is 9.10. The van der Waals surface area contributed by atoms with Gasteiger partial charge in [0.2, 0.25) is 0 Å². The summed E-state index contributed by atoms with van der Waals surface area (Å²) in [7, 11) is 0. The lowest BCUT2D eigenvalue weighted by Gasteiger charge is -2.06. The van der Waals surface area contributed by atoms with Crippen molar-refractivity contribution in [2.75, 3.05) is 18.5 Å². The number of aliphatic hydroxyl groups excluding tert-OH is 1. The van der Waals surface area contributed by atoms with E-state index in [-0.39, 0.29) is 17.7 Å². The minimum Gasteiger partial charge on any atom is -0.447 e. The van der Waals surface area contributed by atoms with Gasteiger partial charge in [0.25, 0.3) is 0 Å². The molecule has 0 radical (unpaired) electrons. The van der Waals surface area contributed by atoms with Gasteiger partial charge in [-0.1, -0.05) is 0 Å². The molecule has 0 aromatic heterocycles. The van der Waals surface area contributed by atoms with Crippen molar-refractivity contribution in [1.82, 2.24) is 0 Å². The number of benzene rings is 1. The van der Waals surface area contributed by atoms with E-state index in [1.54, 1.807) is 0 Å².